The van der Waals surface area contributed by atoms with Gasteiger partial charge in [-0.1, -0.05) is 0 Å². The number of hydrogen-bond acceptors (Lipinski definition) is 4. The van der Waals surface area contributed by atoms with Gasteiger partial charge in [0.05, 0.1) is 0 Å². The van der Waals surface area contributed by atoms with Gasteiger partial charge in [-0.25, -0.2) is 0 Å². The Hall–Kier alpha value is -1.11. The highest BCUT2D eigenvalue weighted by molar-refractivity contribution is 7.89. The molecule has 62 valence electrons. The largest absolute Gasteiger partial charge is 0.380 e. The van der Waals surface area contributed by atoms with Gasteiger partial charge in [-0.2, -0.15) is 8.42 Å². The van der Waals surface area contributed by atoms with Crippen molar-refractivity contribution in [3.05, 3.63) is 0 Å². The molecule has 0 amide bonds. The highest BCUT2D eigenvalue weighted by Gasteiger charge is 2.20. The van der Waals surface area contributed by atoms with Gasteiger partial charge in [0.25, 0.3) is 0 Å². The summed E-state index contributed by atoms with van der Waals surface area (Å²) in [5.74, 6) is 0.0550. The van der Waals surface area contributed by atoms with Crippen LogP contribution in [0.1, 0.15) is 6.92 Å². The van der Waals surface area contributed by atoms with Gasteiger partial charge in [-0.15, -0.1) is 8.80 Å². The first-order valence-corrected chi connectivity index (χ1v) is 4.39. The second-order valence-corrected chi connectivity index (χ2v) is 3.16. The first kappa shape index (κ1) is 7.99. The lowest BCUT2D eigenvalue weighted by Gasteiger charge is -1.97. The standard InChI is InChI=1S/C4H8N4O2S/c1-2-6-4-3(5)7-11(9,10)8-4/h2H2,1H3,(H2,5,7)(H,6,8). The molecule has 0 aliphatic carbocycles. The minimum atomic E-state index is -3.68. The first-order valence-electron chi connectivity index (χ1n) is 3.00. The fraction of sp³-hybridized carbons (Fsp3) is 0.500. The number of amidine groups is 2. The van der Waals surface area contributed by atoms with E-state index in [2.05, 4.69) is 14.1 Å². The molecule has 11 heavy (non-hydrogen) atoms. The van der Waals surface area contributed by atoms with E-state index in [1.54, 1.807) is 6.92 Å². The van der Waals surface area contributed by atoms with Gasteiger partial charge in [-0.3, -0.25) is 0 Å². The Morgan fingerprint density at radius 3 is 2.55 bits per heavy atom. The third-order valence-electron chi connectivity index (χ3n) is 1.01. The minimum absolute atomic E-state index is 0.0770. The summed E-state index contributed by atoms with van der Waals surface area (Å²) in [4.78, 5) is 0. The van der Waals surface area contributed by atoms with Crippen LogP contribution in [-0.2, 0) is 10.2 Å². The predicted octanol–water partition coefficient (Wildman–Crippen LogP) is -1.39. The first-order chi connectivity index (χ1) is 5.05. The Morgan fingerprint density at radius 1 is 1.55 bits per heavy atom. The van der Waals surface area contributed by atoms with Crippen LogP contribution < -0.4 is 11.1 Å². The van der Waals surface area contributed by atoms with Gasteiger partial charge < -0.3 is 11.1 Å². The number of hydrogen-bond donors (Lipinski definition) is 2. The van der Waals surface area contributed by atoms with Crippen LogP contribution >= 0.6 is 0 Å². The van der Waals surface area contributed by atoms with E-state index >= 15 is 0 Å². The van der Waals surface area contributed by atoms with Gasteiger partial charge in [0, 0.05) is 6.54 Å². The Kier molecular flexibility index (Phi) is 1.81. The van der Waals surface area contributed by atoms with Crippen LogP contribution in [0.25, 0.3) is 0 Å². The van der Waals surface area contributed by atoms with E-state index in [0.29, 0.717) is 6.54 Å². The Bertz CT molecular complexity index is 315. The highest BCUT2D eigenvalue weighted by atomic mass is 32.2. The van der Waals surface area contributed by atoms with Crippen LogP contribution in [0.15, 0.2) is 8.80 Å². The van der Waals surface area contributed by atoms with E-state index in [-0.39, 0.29) is 11.7 Å². The van der Waals surface area contributed by atoms with Crippen molar-refractivity contribution in [1.29, 1.82) is 0 Å². The molecule has 1 rings (SSSR count). The summed E-state index contributed by atoms with van der Waals surface area (Å²) >= 11 is 0. The molecule has 0 spiro atoms. The summed E-state index contributed by atoms with van der Waals surface area (Å²) in [6.07, 6.45) is 0. The molecule has 0 aromatic rings. The molecule has 0 saturated heterocycles. The molecule has 1 heterocycles. The number of likely N-dealkylation sites (N-methyl/N-ethyl adjacent to an activating group) is 1. The quantitative estimate of drug-likeness (QED) is 0.514. The van der Waals surface area contributed by atoms with Crippen LogP contribution in [-0.4, -0.2) is 26.6 Å². The van der Waals surface area contributed by atoms with E-state index in [0.717, 1.165) is 0 Å². The van der Waals surface area contributed by atoms with Crippen molar-refractivity contribution in [3.8, 4) is 0 Å². The highest BCUT2D eigenvalue weighted by Crippen LogP contribution is 2.01. The van der Waals surface area contributed by atoms with Crippen LogP contribution in [0.5, 0.6) is 0 Å². The molecule has 6 nitrogen and oxygen atoms in total. The van der Waals surface area contributed by atoms with Crippen LogP contribution in [0.3, 0.4) is 0 Å². The maximum Gasteiger partial charge on any atom is 0.367 e. The topological polar surface area (TPSA) is 96.9 Å². The summed E-state index contributed by atoms with van der Waals surface area (Å²) in [6, 6.07) is 0. The second-order valence-electron chi connectivity index (χ2n) is 1.89. The summed E-state index contributed by atoms with van der Waals surface area (Å²) < 4.78 is 27.6. The van der Waals surface area contributed by atoms with Gasteiger partial charge >= 0.3 is 10.2 Å². The van der Waals surface area contributed by atoms with Gasteiger partial charge in [0.1, 0.15) is 0 Å². The maximum absolute atomic E-state index is 10.6. The number of nitrogens with one attached hydrogen (secondary N) is 1. The van der Waals surface area contributed by atoms with E-state index in [9.17, 15) is 8.42 Å². The molecule has 3 N–H and O–H groups in total. The molecule has 1 aliphatic heterocycles. The van der Waals surface area contributed by atoms with Crippen LogP contribution in [0, 0.1) is 0 Å². The minimum Gasteiger partial charge on any atom is -0.380 e. The molecule has 0 saturated carbocycles. The third kappa shape index (κ3) is 1.67. The fourth-order valence-corrected chi connectivity index (χ4v) is 1.40. The Balaban J connectivity index is 2.95. The molecule has 7 heteroatoms. The van der Waals surface area contributed by atoms with Crippen molar-refractivity contribution in [2.24, 2.45) is 14.5 Å². The average molecular weight is 176 g/mol. The molecule has 0 aromatic heterocycles. The van der Waals surface area contributed by atoms with Crippen molar-refractivity contribution in [3.63, 3.8) is 0 Å². The molecule has 0 bridgehead atoms. The molecule has 1 aliphatic rings. The molecule has 0 unspecified atom stereocenters. The summed E-state index contributed by atoms with van der Waals surface area (Å²) in [6.45, 7) is 2.37. The molecule has 0 fully saturated rings. The number of nitrogens with two attached hydrogens (primary N) is 1. The smallest absolute Gasteiger partial charge is 0.367 e. The molecular formula is C4H8N4O2S. The van der Waals surface area contributed by atoms with Gasteiger partial charge in [0.2, 0.25) is 0 Å². The van der Waals surface area contributed by atoms with Crippen LogP contribution in [0.2, 0.25) is 0 Å². The Labute approximate surface area is 64.4 Å². The van der Waals surface area contributed by atoms with Crippen molar-refractivity contribution in [2.45, 2.75) is 6.92 Å². The zero-order chi connectivity index (χ0) is 8.48. The lowest BCUT2D eigenvalue weighted by Crippen LogP contribution is -2.34. The second kappa shape index (κ2) is 2.50. The summed E-state index contributed by atoms with van der Waals surface area (Å²) in [5.41, 5.74) is 5.22. The Morgan fingerprint density at radius 2 is 2.18 bits per heavy atom. The zero-order valence-corrected chi connectivity index (χ0v) is 6.72. The predicted molar refractivity (Wildman–Crippen MR) is 41.7 cm³/mol. The van der Waals surface area contributed by atoms with Crippen molar-refractivity contribution in [2.75, 3.05) is 6.54 Å². The van der Waals surface area contributed by atoms with Crippen LogP contribution in [0.4, 0.5) is 0 Å². The number of rotatable bonds is 1. The van der Waals surface area contributed by atoms with E-state index in [4.69, 9.17) is 5.73 Å². The summed E-state index contributed by atoms with van der Waals surface area (Å²) in [7, 11) is -3.68. The lowest BCUT2D eigenvalue weighted by atomic mass is 10.5. The zero-order valence-electron chi connectivity index (χ0n) is 5.90. The lowest BCUT2D eigenvalue weighted by molar-refractivity contribution is 0.600. The van der Waals surface area contributed by atoms with Crippen molar-refractivity contribution < 1.29 is 8.42 Å². The molecular weight excluding hydrogens is 168 g/mol. The molecule has 0 atom stereocenters. The maximum atomic E-state index is 10.6. The van der Waals surface area contributed by atoms with Gasteiger partial charge in [0.15, 0.2) is 11.7 Å². The van der Waals surface area contributed by atoms with E-state index in [1.165, 1.54) is 0 Å². The fourth-order valence-electron chi connectivity index (χ4n) is 0.640. The average Bonchev–Trinajstić information content (AvgIpc) is 2.07. The third-order valence-corrected chi connectivity index (χ3v) is 1.85. The van der Waals surface area contributed by atoms with Crippen molar-refractivity contribution in [1.82, 2.24) is 5.32 Å². The van der Waals surface area contributed by atoms with Crippen molar-refractivity contribution >= 4 is 21.9 Å². The SMILES string of the molecule is CCNC1=NS(=O)(=O)N=C1N. The monoisotopic (exact) mass is 176 g/mol. The normalized spacial score (nSPS) is 20.8. The van der Waals surface area contributed by atoms with E-state index < -0.39 is 10.2 Å². The van der Waals surface area contributed by atoms with Gasteiger partial charge in [-0.05, 0) is 6.92 Å². The summed E-state index contributed by atoms with van der Waals surface area (Å²) in [5, 5.41) is 2.66. The molecule has 0 aromatic carbocycles. The van der Waals surface area contributed by atoms with E-state index in [1.807, 2.05) is 0 Å². The molecule has 0 radical (unpaired) electrons. The number of nitrogens with zero attached hydrogens (tertiary/aromatic N) is 2.